The Balaban J connectivity index is 2.10. The second kappa shape index (κ2) is 5.59. The predicted molar refractivity (Wildman–Crippen MR) is 75.6 cm³/mol. The molecule has 0 aromatic carbocycles. The van der Waals surface area contributed by atoms with Crippen LogP contribution in [0.25, 0.3) is 0 Å². The van der Waals surface area contributed by atoms with Crippen LogP contribution in [0, 0.1) is 5.41 Å². The van der Waals surface area contributed by atoms with E-state index < -0.39 is 5.97 Å². The summed E-state index contributed by atoms with van der Waals surface area (Å²) in [5.74, 6) is -0.211. The van der Waals surface area contributed by atoms with Gasteiger partial charge in [-0.3, -0.25) is 0 Å². The van der Waals surface area contributed by atoms with Gasteiger partial charge in [-0.05, 0) is 36.8 Å². The number of nitrogens with one attached hydrogen (secondary N) is 1. The molecule has 0 saturated heterocycles. The first-order chi connectivity index (χ1) is 9.02. The van der Waals surface area contributed by atoms with Crippen LogP contribution in [0.2, 0.25) is 0 Å². The van der Waals surface area contributed by atoms with E-state index >= 15 is 0 Å². The molecule has 1 aromatic rings. The minimum Gasteiger partial charge on any atom is -0.478 e. The third-order valence-corrected chi connectivity index (χ3v) is 3.99. The second-order valence-corrected chi connectivity index (χ2v) is 5.76. The average Bonchev–Trinajstić information content (AvgIpc) is 2.83. The van der Waals surface area contributed by atoms with E-state index in [-0.39, 0.29) is 0 Å². The zero-order valence-electron chi connectivity index (χ0n) is 11.7. The smallest absolute Gasteiger partial charge is 0.335 e. The highest BCUT2D eigenvalue weighted by Crippen LogP contribution is 2.37. The van der Waals surface area contributed by atoms with E-state index in [0.717, 1.165) is 18.7 Å². The van der Waals surface area contributed by atoms with Crippen LogP contribution in [0.5, 0.6) is 0 Å². The maximum absolute atomic E-state index is 11.1. The van der Waals surface area contributed by atoms with Crippen LogP contribution in [0.1, 0.15) is 55.6 Å². The van der Waals surface area contributed by atoms with E-state index in [1.54, 1.807) is 12.1 Å². The van der Waals surface area contributed by atoms with Crippen molar-refractivity contribution in [2.45, 2.75) is 46.0 Å². The summed E-state index contributed by atoms with van der Waals surface area (Å²) in [6, 6.07) is 3.27. The Bertz CT molecular complexity index is 465. The summed E-state index contributed by atoms with van der Waals surface area (Å²) in [5, 5.41) is 12.4. The predicted octanol–water partition coefficient (Wildman–Crippen LogP) is 3.33. The molecule has 4 heteroatoms. The van der Waals surface area contributed by atoms with Gasteiger partial charge < -0.3 is 10.4 Å². The van der Waals surface area contributed by atoms with Crippen molar-refractivity contribution in [3.63, 3.8) is 0 Å². The third-order valence-electron chi connectivity index (χ3n) is 3.99. The van der Waals surface area contributed by atoms with Crippen molar-refractivity contribution < 1.29 is 9.90 Å². The maximum Gasteiger partial charge on any atom is 0.335 e. The number of nitrogens with zero attached hydrogens (tertiary/aromatic N) is 1. The Kier molecular flexibility index (Phi) is 4.08. The van der Waals surface area contributed by atoms with E-state index in [9.17, 15) is 4.79 Å². The number of carbonyl (C=O) groups is 1. The fourth-order valence-electron chi connectivity index (χ4n) is 2.69. The molecule has 1 heterocycles. The average molecular weight is 262 g/mol. The van der Waals surface area contributed by atoms with Crippen molar-refractivity contribution in [3.05, 3.63) is 23.4 Å². The molecule has 1 aromatic heterocycles. The summed E-state index contributed by atoms with van der Waals surface area (Å²) in [6.07, 6.45) is 5.80. The number of anilines is 1. The van der Waals surface area contributed by atoms with Crippen molar-refractivity contribution in [2.24, 2.45) is 5.41 Å². The van der Waals surface area contributed by atoms with Gasteiger partial charge in [0, 0.05) is 12.2 Å². The first-order valence-corrected chi connectivity index (χ1v) is 7.00. The van der Waals surface area contributed by atoms with Gasteiger partial charge in [-0.1, -0.05) is 26.7 Å². The fourth-order valence-corrected chi connectivity index (χ4v) is 2.69. The second-order valence-electron chi connectivity index (χ2n) is 5.76. The van der Waals surface area contributed by atoms with Crippen molar-refractivity contribution in [3.8, 4) is 0 Å². The fraction of sp³-hybridized carbons (Fsp3) is 0.600. The first-order valence-electron chi connectivity index (χ1n) is 7.00. The number of pyridine rings is 1. The van der Waals surface area contributed by atoms with Crippen LogP contribution in [-0.4, -0.2) is 22.6 Å². The topological polar surface area (TPSA) is 62.2 Å². The molecule has 0 unspecified atom stereocenters. The molecular formula is C15H22N2O2. The highest BCUT2D eigenvalue weighted by Gasteiger charge is 2.28. The van der Waals surface area contributed by atoms with Crippen LogP contribution in [-0.2, 0) is 6.42 Å². The summed E-state index contributed by atoms with van der Waals surface area (Å²) >= 11 is 0. The SMILES string of the molecule is CCc1cc(C(=O)O)cc(NCC2(C)CCCC2)n1. The van der Waals surface area contributed by atoms with Gasteiger partial charge in [0.05, 0.1) is 5.56 Å². The van der Waals surface area contributed by atoms with Gasteiger partial charge in [0.25, 0.3) is 0 Å². The third kappa shape index (κ3) is 3.46. The molecule has 1 aliphatic carbocycles. The summed E-state index contributed by atoms with van der Waals surface area (Å²) in [7, 11) is 0. The highest BCUT2D eigenvalue weighted by atomic mass is 16.4. The molecule has 0 atom stereocenters. The quantitative estimate of drug-likeness (QED) is 0.854. The standard InChI is InChI=1S/C15H22N2O2/c1-3-12-8-11(14(18)19)9-13(17-12)16-10-15(2)6-4-5-7-15/h8-9H,3-7,10H2,1-2H3,(H,16,17)(H,18,19). The number of hydrogen-bond acceptors (Lipinski definition) is 3. The Morgan fingerprint density at radius 1 is 1.42 bits per heavy atom. The molecule has 19 heavy (non-hydrogen) atoms. The Hall–Kier alpha value is -1.58. The lowest BCUT2D eigenvalue weighted by atomic mass is 9.89. The van der Waals surface area contributed by atoms with Gasteiger partial charge in [-0.2, -0.15) is 0 Å². The van der Waals surface area contributed by atoms with Crippen LogP contribution in [0.15, 0.2) is 12.1 Å². The zero-order valence-corrected chi connectivity index (χ0v) is 11.7. The minimum absolute atomic E-state index is 0.311. The van der Waals surface area contributed by atoms with E-state index in [2.05, 4.69) is 17.2 Å². The van der Waals surface area contributed by atoms with Crippen molar-refractivity contribution in [2.75, 3.05) is 11.9 Å². The van der Waals surface area contributed by atoms with Crippen LogP contribution in [0.4, 0.5) is 5.82 Å². The summed E-state index contributed by atoms with van der Waals surface area (Å²) in [4.78, 5) is 15.5. The van der Waals surface area contributed by atoms with Gasteiger partial charge in [0.2, 0.25) is 0 Å². The number of aryl methyl sites for hydroxylation is 1. The first kappa shape index (κ1) is 13.8. The maximum atomic E-state index is 11.1. The zero-order chi connectivity index (χ0) is 13.9. The van der Waals surface area contributed by atoms with Gasteiger partial charge >= 0.3 is 5.97 Å². The monoisotopic (exact) mass is 262 g/mol. The highest BCUT2D eigenvalue weighted by molar-refractivity contribution is 5.88. The van der Waals surface area contributed by atoms with Gasteiger partial charge in [-0.25, -0.2) is 9.78 Å². The van der Waals surface area contributed by atoms with E-state index in [4.69, 9.17) is 5.11 Å². The number of aromatic nitrogens is 1. The Morgan fingerprint density at radius 3 is 2.68 bits per heavy atom. The summed E-state index contributed by atoms with van der Waals surface area (Å²) in [5.41, 5.74) is 1.46. The molecule has 1 fully saturated rings. The van der Waals surface area contributed by atoms with Crippen LogP contribution < -0.4 is 5.32 Å². The Labute approximate surface area is 114 Å². The Morgan fingerprint density at radius 2 is 2.11 bits per heavy atom. The minimum atomic E-state index is -0.896. The molecule has 4 nitrogen and oxygen atoms in total. The van der Waals surface area contributed by atoms with E-state index in [1.807, 2.05) is 6.92 Å². The number of carboxylic acids is 1. The molecular weight excluding hydrogens is 240 g/mol. The molecule has 1 aliphatic rings. The molecule has 0 bridgehead atoms. The van der Waals surface area contributed by atoms with Crippen LogP contribution in [0.3, 0.4) is 0 Å². The lowest BCUT2D eigenvalue weighted by Crippen LogP contribution is -2.23. The normalized spacial score (nSPS) is 17.4. The van der Waals surface area contributed by atoms with Gasteiger partial charge in [-0.15, -0.1) is 0 Å². The molecule has 104 valence electrons. The lowest BCUT2D eigenvalue weighted by molar-refractivity contribution is 0.0696. The number of hydrogen-bond donors (Lipinski definition) is 2. The molecule has 0 amide bonds. The van der Waals surface area contributed by atoms with E-state index in [1.165, 1.54) is 25.7 Å². The van der Waals surface area contributed by atoms with E-state index in [0.29, 0.717) is 16.8 Å². The lowest BCUT2D eigenvalue weighted by Gasteiger charge is -2.24. The largest absolute Gasteiger partial charge is 0.478 e. The number of carboxylic acid groups (broad SMARTS) is 1. The van der Waals surface area contributed by atoms with Crippen molar-refractivity contribution >= 4 is 11.8 Å². The molecule has 0 radical (unpaired) electrons. The number of rotatable bonds is 5. The molecule has 2 rings (SSSR count). The van der Waals surface area contributed by atoms with Gasteiger partial charge in [0.1, 0.15) is 5.82 Å². The van der Waals surface area contributed by atoms with Gasteiger partial charge in [0.15, 0.2) is 0 Å². The number of aromatic carboxylic acids is 1. The van der Waals surface area contributed by atoms with Crippen molar-refractivity contribution in [1.82, 2.24) is 4.98 Å². The van der Waals surface area contributed by atoms with Crippen molar-refractivity contribution in [1.29, 1.82) is 0 Å². The summed E-state index contributed by atoms with van der Waals surface area (Å²) in [6.45, 7) is 5.14. The van der Waals surface area contributed by atoms with Crippen LogP contribution >= 0.6 is 0 Å². The summed E-state index contributed by atoms with van der Waals surface area (Å²) < 4.78 is 0. The molecule has 2 N–H and O–H groups in total. The molecule has 0 spiro atoms. The molecule has 0 aliphatic heterocycles. The molecule has 1 saturated carbocycles.